The van der Waals surface area contributed by atoms with Crippen molar-refractivity contribution in [2.75, 3.05) is 46.6 Å². The first-order chi connectivity index (χ1) is 10.2. The summed E-state index contributed by atoms with van der Waals surface area (Å²) < 4.78 is 14.9. The molecule has 1 aliphatic rings. The predicted molar refractivity (Wildman–Crippen MR) is 77.0 cm³/mol. The second-order valence-electron chi connectivity index (χ2n) is 4.73. The Morgan fingerprint density at radius 1 is 1.33 bits per heavy atom. The van der Waals surface area contributed by atoms with Gasteiger partial charge in [-0.15, -0.1) is 0 Å². The van der Waals surface area contributed by atoms with E-state index in [0.29, 0.717) is 39.1 Å². The van der Waals surface area contributed by atoms with Gasteiger partial charge in [0, 0.05) is 26.2 Å². The Labute approximate surface area is 125 Å². The Morgan fingerprint density at radius 3 is 2.67 bits per heavy atom. The molecular weight excluding hydrogens is 276 g/mol. The van der Waals surface area contributed by atoms with Crippen molar-refractivity contribution >= 4 is 12.0 Å². The summed E-state index contributed by atoms with van der Waals surface area (Å²) in [5, 5.41) is 2.78. The number of methoxy groups -OCH3 is 1. The summed E-state index contributed by atoms with van der Waals surface area (Å²) in [6.45, 7) is 5.86. The monoisotopic (exact) mass is 300 g/mol. The number of hydrogen-bond acceptors (Lipinski definition) is 5. The van der Waals surface area contributed by atoms with E-state index in [-0.39, 0.29) is 25.2 Å². The van der Waals surface area contributed by atoms with Crippen LogP contribution in [0.4, 0.5) is 4.79 Å². The third kappa shape index (κ3) is 7.10. The molecule has 0 aromatic carbocycles. The summed E-state index contributed by atoms with van der Waals surface area (Å²) in [4.78, 5) is 25.0. The maximum atomic E-state index is 11.9. The van der Waals surface area contributed by atoms with Crippen molar-refractivity contribution in [1.82, 2.24) is 10.2 Å². The fourth-order valence-electron chi connectivity index (χ4n) is 2.01. The number of carbonyl (C=O) groups is 2. The van der Waals surface area contributed by atoms with Gasteiger partial charge in [0.1, 0.15) is 13.2 Å². The lowest BCUT2D eigenvalue weighted by Crippen LogP contribution is -2.47. The second-order valence-corrected chi connectivity index (χ2v) is 4.73. The Kier molecular flexibility index (Phi) is 8.45. The van der Waals surface area contributed by atoms with Crippen LogP contribution >= 0.6 is 0 Å². The highest BCUT2D eigenvalue weighted by Gasteiger charge is 2.24. The molecule has 0 aromatic heterocycles. The molecule has 1 rings (SSSR count). The summed E-state index contributed by atoms with van der Waals surface area (Å²) in [6, 6.07) is 0.0424. The molecular formula is C14H24N2O5. The van der Waals surface area contributed by atoms with Gasteiger partial charge in [-0.25, -0.2) is 4.79 Å². The largest absolute Gasteiger partial charge is 0.445 e. The average molecular weight is 300 g/mol. The van der Waals surface area contributed by atoms with E-state index in [1.54, 1.807) is 12.0 Å². The van der Waals surface area contributed by atoms with Gasteiger partial charge in [0.25, 0.3) is 0 Å². The molecule has 7 nitrogen and oxygen atoms in total. The highest BCUT2D eigenvalue weighted by atomic mass is 16.5. The second kappa shape index (κ2) is 10.2. The number of piperidine rings is 1. The predicted octanol–water partition coefficient (Wildman–Crippen LogP) is 0.553. The van der Waals surface area contributed by atoms with Gasteiger partial charge in [-0.05, 0) is 12.8 Å². The molecule has 2 amide bonds. The number of likely N-dealkylation sites (tertiary alicyclic amines) is 1. The molecule has 1 N–H and O–H groups in total. The minimum absolute atomic E-state index is 0.0289. The van der Waals surface area contributed by atoms with E-state index in [1.165, 1.54) is 6.08 Å². The van der Waals surface area contributed by atoms with Crippen LogP contribution in [0.5, 0.6) is 0 Å². The van der Waals surface area contributed by atoms with Crippen molar-refractivity contribution in [3.63, 3.8) is 0 Å². The van der Waals surface area contributed by atoms with Crippen LogP contribution in [0.25, 0.3) is 0 Å². The van der Waals surface area contributed by atoms with Crippen LogP contribution in [-0.4, -0.2) is 69.6 Å². The van der Waals surface area contributed by atoms with Crippen molar-refractivity contribution in [1.29, 1.82) is 0 Å². The molecule has 0 radical (unpaired) electrons. The molecule has 21 heavy (non-hydrogen) atoms. The van der Waals surface area contributed by atoms with E-state index < -0.39 is 6.09 Å². The number of nitrogens with zero attached hydrogens (tertiary/aromatic N) is 1. The number of nitrogens with one attached hydrogen (secondary N) is 1. The van der Waals surface area contributed by atoms with Crippen LogP contribution in [0.3, 0.4) is 0 Å². The highest BCUT2D eigenvalue weighted by molar-refractivity contribution is 5.77. The number of hydrogen-bond donors (Lipinski definition) is 1. The summed E-state index contributed by atoms with van der Waals surface area (Å²) in [6.07, 6.45) is 2.51. The van der Waals surface area contributed by atoms with Gasteiger partial charge in [0.15, 0.2) is 0 Å². The SMILES string of the molecule is C=CCOC(=O)NC1CCN(C(=O)COCCOC)CC1. The first kappa shape index (κ1) is 17.5. The van der Waals surface area contributed by atoms with Crippen LogP contribution in [0.2, 0.25) is 0 Å². The molecule has 7 heteroatoms. The van der Waals surface area contributed by atoms with Gasteiger partial charge in [0.05, 0.1) is 13.2 Å². The molecule has 1 aliphatic heterocycles. The zero-order valence-electron chi connectivity index (χ0n) is 12.5. The lowest BCUT2D eigenvalue weighted by atomic mass is 10.1. The Bertz CT molecular complexity index is 340. The summed E-state index contributed by atoms with van der Waals surface area (Å²) >= 11 is 0. The van der Waals surface area contributed by atoms with Gasteiger partial charge in [0.2, 0.25) is 5.91 Å². The molecule has 0 unspecified atom stereocenters. The standard InChI is InChI=1S/C14H24N2O5/c1-3-8-21-14(18)15-12-4-6-16(7-5-12)13(17)11-20-10-9-19-2/h3,12H,1,4-11H2,2H3,(H,15,18). The Hall–Kier alpha value is -1.60. The average Bonchev–Trinajstić information content (AvgIpc) is 2.50. The number of carbonyl (C=O) groups excluding carboxylic acids is 2. The van der Waals surface area contributed by atoms with E-state index in [0.717, 1.165) is 0 Å². The minimum atomic E-state index is -0.442. The van der Waals surface area contributed by atoms with Crippen molar-refractivity contribution < 1.29 is 23.8 Å². The van der Waals surface area contributed by atoms with E-state index >= 15 is 0 Å². The van der Waals surface area contributed by atoms with Crippen molar-refractivity contribution in [2.24, 2.45) is 0 Å². The number of rotatable bonds is 8. The topological polar surface area (TPSA) is 77.1 Å². The zero-order chi connectivity index (χ0) is 15.5. The lowest BCUT2D eigenvalue weighted by molar-refractivity contribution is -0.137. The first-order valence-electron chi connectivity index (χ1n) is 7.06. The van der Waals surface area contributed by atoms with Crippen molar-refractivity contribution in [3.8, 4) is 0 Å². The molecule has 0 spiro atoms. The molecule has 0 atom stereocenters. The van der Waals surface area contributed by atoms with Crippen molar-refractivity contribution in [2.45, 2.75) is 18.9 Å². The maximum Gasteiger partial charge on any atom is 0.407 e. The molecule has 1 fully saturated rings. The Balaban J connectivity index is 2.17. The lowest BCUT2D eigenvalue weighted by Gasteiger charge is -2.32. The third-order valence-corrected chi connectivity index (χ3v) is 3.16. The summed E-state index contributed by atoms with van der Waals surface area (Å²) in [7, 11) is 1.59. The number of amides is 2. The molecule has 0 aromatic rings. The normalized spacial score (nSPS) is 15.6. The van der Waals surface area contributed by atoms with Crippen LogP contribution in [0.1, 0.15) is 12.8 Å². The summed E-state index contributed by atoms with van der Waals surface area (Å²) in [5.41, 5.74) is 0. The smallest absolute Gasteiger partial charge is 0.407 e. The van der Waals surface area contributed by atoms with Gasteiger partial charge >= 0.3 is 6.09 Å². The molecule has 1 saturated heterocycles. The number of ether oxygens (including phenoxy) is 3. The van der Waals surface area contributed by atoms with Gasteiger partial charge in [-0.3, -0.25) is 4.79 Å². The molecule has 1 heterocycles. The summed E-state index contributed by atoms with van der Waals surface area (Å²) in [5.74, 6) is -0.0289. The molecule has 0 bridgehead atoms. The van der Waals surface area contributed by atoms with Crippen LogP contribution in [-0.2, 0) is 19.0 Å². The molecule has 0 aliphatic carbocycles. The fourth-order valence-corrected chi connectivity index (χ4v) is 2.01. The van der Waals surface area contributed by atoms with E-state index in [2.05, 4.69) is 11.9 Å². The van der Waals surface area contributed by atoms with Crippen molar-refractivity contribution in [3.05, 3.63) is 12.7 Å². The third-order valence-electron chi connectivity index (χ3n) is 3.16. The van der Waals surface area contributed by atoms with Gasteiger partial charge in [-0.2, -0.15) is 0 Å². The van der Waals surface area contributed by atoms with Gasteiger partial charge in [-0.1, -0.05) is 12.7 Å². The first-order valence-corrected chi connectivity index (χ1v) is 7.06. The number of alkyl carbamates (subject to hydrolysis) is 1. The maximum absolute atomic E-state index is 11.9. The quantitative estimate of drug-likeness (QED) is 0.523. The minimum Gasteiger partial charge on any atom is -0.445 e. The zero-order valence-corrected chi connectivity index (χ0v) is 12.5. The van der Waals surface area contributed by atoms with Crippen LogP contribution in [0, 0.1) is 0 Å². The molecule has 120 valence electrons. The van der Waals surface area contributed by atoms with Crippen LogP contribution < -0.4 is 5.32 Å². The van der Waals surface area contributed by atoms with Gasteiger partial charge < -0.3 is 24.4 Å². The van der Waals surface area contributed by atoms with E-state index in [1.807, 2.05) is 0 Å². The highest BCUT2D eigenvalue weighted by Crippen LogP contribution is 2.10. The fraction of sp³-hybridized carbons (Fsp3) is 0.714. The van der Waals surface area contributed by atoms with E-state index in [9.17, 15) is 9.59 Å². The van der Waals surface area contributed by atoms with E-state index in [4.69, 9.17) is 14.2 Å². The van der Waals surface area contributed by atoms with Crippen LogP contribution in [0.15, 0.2) is 12.7 Å². The molecule has 0 saturated carbocycles. The Morgan fingerprint density at radius 2 is 2.05 bits per heavy atom.